The summed E-state index contributed by atoms with van der Waals surface area (Å²) in [4.78, 5) is 5.25. The van der Waals surface area contributed by atoms with Crippen molar-refractivity contribution < 1.29 is 4.74 Å². The molecule has 3 nitrogen and oxygen atoms in total. The van der Waals surface area contributed by atoms with Gasteiger partial charge in [-0.2, -0.15) is 0 Å². The van der Waals surface area contributed by atoms with Crippen LogP contribution in [0.3, 0.4) is 0 Å². The summed E-state index contributed by atoms with van der Waals surface area (Å²) >= 11 is 1.67. The number of nitrogens with zero attached hydrogens (tertiary/aromatic N) is 1. The minimum absolute atomic E-state index is 0.276. The molecular weight excluding hydrogens is 172 g/mol. The fourth-order valence-corrected chi connectivity index (χ4v) is 1.38. The second-order valence-corrected chi connectivity index (χ2v) is 3.62. The van der Waals surface area contributed by atoms with Crippen LogP contribution in [-0.4, -0.2) is 24.7 Å². The molecule has 0 bridgehead atoms. The molecule has 68 valence electrons. The van der Waals surface area contributed by atoms with Gasteiger partial charge in [-0.15, -0.1) is 11.3 Å². The third-order valence-corrected chi connectivity index (χ3v) is 2.40. The Morgan fingerprint density at radius 2 is 2.58 bits per heavy atom. The summed E-state index contributed by atoms with van der Waals surface area (Å²) in [5, 5.41) is 3.28. The zero-order valence-corrected chi connectivity index (χ0v) is 8.23. The van der Waals surface area contributed by atoms with Crippen molar-refractivity contribution in [3.05, 3.63) is 16.6 Å². The molecule has 0 aliphatic rings. The molecule has 0 saturated heterocycles. The normalized spacial score (nSPS) is 13.2. The molecule has 0 spiro atoms. The maximum Gasteiger partial charge on any atom is 0.0794 e. The van der Waals surface area contributed by atoms with E-state index in [0.29, 0.717) is 0 Å². The van der Waals surface area contributed by atoms with Gasteiger partial charge in [-0.1, -0.05) is 0 Å². The zero-order valence-electron chi connectivity index (χ0n) is 7.41. The smallest absolute Gasteiger partial charge is 0.0794 e. The minimum atomic E-state index is 0.276. The van der Waals surface area contributed by atoms with Crippen molar-refractivity contribution in [2.24, 2.45) is 0 Å². The van der Waals surface area contributed by atoms with E-state index >= 15 is 0 Å². The molecule has 1 N–H and O–H groups in total. The minimum Gasteiger partial charge on any atom is -0.380 e. The van der Waals surface area contributed by atoms with Gasteiger partial charge in [-0.05, 0) is 6.92 Å². The number of nitrogens with one attached hydrogen (secondary N) is 1. The van der Waals surface area contributed by atoms with Crippen molar-refractivity contribution in [2.45, 2.75) is 19.6 Å². The average Bonchev–Trinajstić information content (AvgIpc) is 2.57. The predicted octanol–water partition coefficient (Wildman–Crippen LogP) is 1.27. The Hall–Kier alpha value is -0.450. The van der Waals surface area contributed by atoms with Crippen molar-refractivity contribution >= 4 is 11.3 Å². The summed E-state index contributed by atoms with van der Waals surface area (Å²) in [7, 11) is 1.72. The Morgan fingerprint density at radius 1 is 1.75 bits per heavy atom. The SMILES string of the molecule is COC(C)CNCc1cncs1. The van der Waals surface area contributed by atoms with Gasteiger partial charge >= 0.3 is 0 Å². The second kappa shape index (κ2) is 5.24. The first-order chi connectivity index (χ1) is 5.83. The monoisotopic (exact) mass is 186 g/mol. The maximum atomic E-state index is 5.09. The quantitative estimate of drug-likeness (QED) is 0.752. The van der Waals surface area contributed by atoms with Crippen LogP contribution in [0.5, 0.6) is 0 Å². The van der Waals surface area contributed by atoms with Crippen LogP contribution in [-0.2, 0) is 11.3 Å². The largest absolute Gasteiger partial charge is 0.380 e. The van der Waals surface area contributed by atoms with E-state index in [9.17, 15) is 0 Å². The summed E-state index contributed by atoms with van der Waals surface area (Å²) < 4.78 is 5.09. The molecule has 0 fully saturated rings. The van der Waals surface area contributed by atoms with Crippen molar-refractivity contribution in [3.63, 3.8) is 0 Å². The Morgan fingerprint density at radius 3 is 3.17 bits per heavy atom. The summed E-state index contributed by atoms with van der Waals surface area (Å²) in [5.41, 5.74) is 1.84. The molecule has 0 saturated carbocycles. The van der Waals surface area contributed by atoms with E-state index in [1.165, 1.54) is 4.88 Å². The van der Waals surface area contributed by atoms with Gasteiger partial charge in [-0.25, -0.2) is 0 Å². The predicted molar refractivity (Wildman–Crippen MR) is 50.3 cm³/mol. The van der Waals surface area contributed by atoms with Gasteiger partial charge in [0, 0.05) is 31.3 Å². The van der Waals surface area contributed by atoms with Crippen LogP contribution >= 0.6 is 11.3 Å². The number of thiazole rings is 1. The lowest BCUT2D eigenvalue weighted by atomic mass is 10.4. The summed E-state index contributed by atoms with van der Waals surface area (Å²) in [6, 6.07) is 0. The highest BCUT2D eigenvalue weighted by Crippen LogP contribution is 2.03. The second-order valence-electron chi connectivity index (χ2n) is 2.64. The van der Waals surface area contributed by atoms with Gasteiger partial charge in [0.05, 0.1) is 11.6 Å². The first-order valence-electron chi connectivity index (χ1n) is 3.94. The van der Waals surface area contributed by atoms with Gasteiger partial charge in [-0.3, -0.25) is 4.98 Å². The summed E-state index contributed by atoms with van der Waals surface area (Å²) in [6.45, 7) is 3.81. The molecule has 4 heteroatoms. The van der Waals surface area contributed by atoms with Crippen LogP contribution in [0.4, 0.5) is 0 Å². The molecule has 1 aromatic rings. The van der Waals surface area contributed by atoms with Gasteiger partial charge in [0.15, 0.2) is 0 Å². The molecule has 1 unspecified atom stereocenters. The van der Waals surface area contributed by atoms with E-state index in [4.69, 9.17) is 4.74 Å². The van der Waals surface area contributed by atoms with E-state index in [-0.39, 0.29) is 6.10 Å². The lowest BCUT2D eigenvalue weighted by Gasteiger charge is -2.09. The average molecular weight is 186 g/mol. The topological polar surface area (TPSA) is 34.1 Å². The van der Waals surface area contributed by atoms with Crippen LogP contribution in [0.15, 0.2) is 11.7 Å². The van der Waals surface area contributed by atoms with E-state index < -0.39 is 0 Å². The highest BCUT2D eigenvalue weighted by Gasteiger charge is 1.98. The lowest BCUT2D eigenvalue weighted by molar-refractivity contribution is 0.117. The molecule has 0 aromatic carbocycles. The zero-order chi connectivity index (χ0) is 8.81. The van der Waals surface area contributed by atoms with Crippen molar-refractivity contribution in [1.29, 1.82) is 0 Å². The van der Waals surface area contributed by atoms with E-state index in [1.54, 1.807) is 18.4 Å². The fourth-order valence-electron chi connectivity index (χ4n) is 0.811. The van der Waals surface area contributed by atoms with E-state index in [1.807, 2.05) is 18.6 Å². The van der Waals surface area contributed by atoms with Crippen LogP contribution in [0.25, 0.3) is 0 Å². The maximum absolute atomic E-state index is 5.09. The fraction of sp³-hybridized carbons (Fsp3) is 0.625. The summed E-state index contributed by atoms with van der Waals surface area (Å²) in [6.07, 6.45) is 2.16. The van der Waals surface area contributed by atoms with Crippen LogP contribution in [0.1, 0.15) is 11.8 Å². The van der Waals surface area contributed by atoms with Crippen LogP contribution in [0, 0.1) is 0 Å². The highest BCUT2D eigenvalue weighted by molar-refractivity contribution is 7.09. The number of hydrogen-bond acceptors (Lipinski definition) is 4. The Balaban J connectivity index is 2.11. The van der Waals surface area contributed by atoms with Crippen LogP contribution < -0.4 is 5.32 Å². The molecule has 1 rings (SSSR count). The van der Waals surface area contributed by atoms with Crippen molar-refractivity contribution in [3.8, 4) is 0 Å². The molecule has 1 atom stereocenters. The number of rotatable bonds is 5. The number of methoxy groups -OCH3 is 1. The molecular formula is C8H14N2OS. The Labute approximate surface area is 76.8 Å². The molecule has 12 heavy (non-hydrogen) atoms. The van der Waals surface area contributed by atoms with E-state index in [2.05, 4.69) is 10.3 Å². The Bertz CT molecular complexity index is 201. The van der Waals surface area contributed by atoms with Crippen molar-refractivity contribution in [1.82, 2.24) is 10.3 Å². The van der Waals surface area contributed by atoms with E-state index in [0.717, 1.165) is 13.1 Å². The van der Waals surface area contributed by atoms with Crippen LogP contribution in [0.2, 0.25) is 0 Å². The van der Waals surface area contributed by atoms with Crippen molar-refractivity contribution in [2.75, 3.05) is 13.7 Å². The molecule has 0 aliphatic carbocycles. The summed E-state index contributed by atoms with van der Waals surface area (Å²) in [5.74, 6) is 0. The number of hydrogen-bond donors (Lipinski definition) is 1. The molecule has 0 radical (unpaired) electrons. The molecule has 0 aliphatic heterocycles. The standard InChI is InChI=1S/C8H14N2OS/c1-7(11-2)3-9-4-8-5-10-6-12-8/h5-7,9H,3-4H2,1-2H3. The van der Waals surface area contributed by atoms with Gasteiger partial charge in [0.1, 0.15) is 0 Å². The third-order valence-electron chi connectivity index (χ3n) is 1.62. The highest BCUT2D eigenvalue weighted by atomic mass is 32.1. The number of ether oxygens (including phenoxy) is 1. The third kappa shape index (κ3) is 3.30. The van der Waals surface area contributed by atoms with Gasteiger partial charge in [0.2, 0.25) is 0 Å². The molecule has 1 heterocycles. The number of aromatic nitrogens is 1. The Kier molecular flexibility index (Phi) is 4.21. The molecule has 1 aromatic heterocycles. The van der Waals surface area contributed by atoms with Gasteiger partial charge < -0.3 is 10.1 Å². The first kappa shape index (κ1) is 9.64. The molecule has 0 amide bonds. The first-order valence-corrected chi connectivity index (χ1v) is 4.81. The van der Waals surface area contributed by atoms with Gasteiger partial charge in [0.25, 0.3) is 0 Å². The lowest BCUT2D eigenvalue weighted by Crippen LogP contribution is -2.25.